The van der Waals surface area contributed by atoms with Crippen LogP contribution in [0.3, 0.4) is 0 Å². The molecule has 0 fully saturated rings. The van der Waals surface area contributed by atoms with E-state index in [0.717, 1.165) is 24.9 Å². The first-order chi connectivity index (χ1) is 11.2. The van der Waals surface area contributed by atoms with Gasteiger partial charge in [0, 0.05) is 20.3 Å². The van der Waals surface area contributed by atoms with Crippen molar-refractivity contribution in [2.24, 2.45) is 14.1 Å². The lowest BCUT2D eigenvalue weighted by Crippen LogP contribution is -2.39. The second-order valence-electron chi connectivity index (χ2n) is 4.78. The number of carbonyl (C=O) groups is 1. The van der Waals surface area contributed by atoms with E-state index in [4.69, 9.17) is 4.18 Å². The maximum absolute atomic E-state index is 12.4. The third kappa shape index (κ3) is 3.08. The van der Waals surface area contributed by atoms with Gasteiger partial charge in [-0.05, 0) is 12.1 Å². The van der Waals surface area contributed by atoms with E-state index < -0.39 is 32.2 Å². The lowest BCUT2D eigenvalue weighted by atomic mass is 10.2. The molecule has 2 rings (SSSR count). The van der Waals surface area contributed by atoms with Crippen molar-refractivity contribution in [3.05, 3.63) is 56.9 Å². The minimum absolute atomic E-state index is 0.120. The predicted octanol–water partition coefficient (Wildman–Crippen LogP) is -0.362. The standard InChI is InChI=1S/C14H14N2O7S/c1-15-8-11(12(17)16(2)14(15)19)24(20,21)23-10-7-5-4-6-9(10)13(18)22-3/h4-8H,1-3H3. The Morgan fingerprint density at radius 1 is 1.12 bits per heavy atom. The van der Waals surface area contributed by atoms with E-state index in [1.807, 2.05) is 0 Å². The van der Waals surface area contributed by atoms with Gasteiger partial charge in [0.25, 0.3) is 5.56 Å². The first-order valence-corrected chi connectivity index (χ1v) is 7.98. The van der Waals surface area contributed by atoms with Crippen LogP contribution in [0.4, 0.5) is 0 Å². The lowest BCUT2D eigenvalue weighted by Gasteiger charge is -2.11. The number of aromatic nitrogens is 2. The number of rotatable bonds is 4. The van der Waals surface area contributed by atoms with Gasteiger partial charge in [-0.1, -0.05) is 12.1 Å². The number of aryl methyl sites for hydroxylation is 1. The summed E-state index contributed by atoms with van der Waals surface area (Å²) in [6.45, 7) is 0. The van der Waals surface area contributed by atoms with Gasteiger partial charge in [0.2, 0.25) is 0 Å². The maximum Gasteiger partial charge on any atom is 0.346 e. The Balaban J connectivity index is 2.58. The molecule has 1 aromatic heterocycles. The van der Waals surface area contributed by atoms with Crippen molar-refractivity contribution >= 4 is 16.1 Å². The Bertz CT molecular complexity index is 1020. The second-order valence-corrected chi connectivity index (χ2v) is 6.29. The molecule has 0 aliphatic heterocycles. The average molecular weight is 354 g/mol. The number of benzene rings is 1. The summed E-state index contributed by atoms with van der Waals surface area (Å²) in [7, 11) is -0.996. The lowest BCUT2D eigenvalue weighted by molar-refractivity contribution is 0.0599. The van der Waals surface area contributed by atoms with E-state index in [0.29, 0.717) is 4.57 Å². The molecule has 0 saturated carbocycles. The Morgan fingerprint density at radius 3 is 2.38 bits per heavy atom. The topological polar surface area (TPSA) is 114 Å². The summed E-state index contributed by atoms with van der Waals surface area (Å²) >= 11 is 0. The molecule has 24 heavy (non-hydrogen) atoms. The molecule has 2 aromatic rings. The van der Waals surface area contributed by atoms with Gasteiger partial charge in [-0.2, -0.15) is 8.42 Å². The normalized spacial score (nSPS) is 11.1. The number of hydrogen-bond donors (Lipinski definition) is 0. The summed E-state index contributed by atoms with van der Waals surface area (Å²) in [5.41, 5.74) is -1.84. The van der Waals surface area contributed by atoms with Crippen LogP contribution in [0, 0.1) is 0 Å². The van der Waals surface area contributed by atoms with E-state index in [1.165, 1.54) is 31.3 Å². The fraction of sp³-hybridized carbons (Fsp3) is 0.214. The highest BCUT2D eigenvalue weighted by Crippen LogP contribution is 2.22. The number of para-hydroxylation sites is 1. The number of carbonyl (C=O) groups excluding carboxylic acids is 1. The van der Waals surface area contributed by atoms with E-state index >= 15 is 0 Å². The highest BCUT2D eigenvalue weighted by atomic mass is 32.2. The van der Waals surface area contributed by atoms with Gasteiger partial charge in [0.05, 0.1) is 7.11 Å². The first-order valence-electron chi connectivity index (χ1n) is 6.57. The van der Waals surface area contributed by atoms with E-state index in [2.05, 4.69) is 4.74 Å². The van der Waals surface area contributed by atoms with Crippen molar-refractivity contribution in [2.75, 3.05) is 7.11 Å². The van der Waals surface area contributed by atoms with Gasteiger partial charge in [0.1, 0.15) is 5.56 Å². The van der Waals surface area contributed by atoms with Crippen LogP contribution in [-0.2, 0) is 29.0 Å². The molecule has 0 atom stereocenters. The van der Waals surface area contributed by atoms with E-state index in [-0.39, 0.29) is 11.3 Å². The molecule has 0 radical (unpaired) electrons. The molecular weight excluding hydrogens is 340 g/mol. The van der Waals surface area contributed by atoms with Gasteiger partial charge in [-0.15, -0.1) is 0 Å². The number of esters is 1. The molecular formula is C14H14N2O7S. The Kier molecular flexibility index (Phi) is 4.60. The van der Waals surface area contributed by atoms with Crippen molar-refractivity contribution in [3.8, 4) is 5.75 Å². The fourth-order valence-electron chi connectivity index (χ4n) is 1.93. The third-order valence-electron chi connectivity index (χ3n) is 3.18. The van der Waals surface area contributed by atoms with Crippen LogP contribution >= 0.6 is 0 Å². The Labute approximate surface area is 136 Å². The number of hydrogen-bond acceptors (Lipinski definition) is 7. The van der Waals surface area contributed by atoms with Gasteiger partial charge in [0.15, 0.2) is 10.6 Å². The van der Waals surface area contributed by atoms with Crippen LogP contribution < -0.4 is 15.4 Å². The minimum atomic E-state index is -4.57. The average Bonchev–Trinajstić information content (AvgIpc) is 2.55. The van der Waals surface area contributed by atoms with Crippen molar-refractivity contribution in [1.29, 1.82) is 0 Å². The van der Waals surface area contributed by atoms with Crippen LogP contribution in [-0.4, -0.2) is 30.6 Å². The highest BCUT2D eigenvalue weighted by molar-refractivity contribution is 7.87. The SMILES string of the molecule is COC(=O)c1ccccc1OS(=O)(=O)c1cn(C)c(=O)n(C)c1=O. The van der Waals surface area contributed by atoms with E-state index in [9.17, 15) is 22.8 Å². The molecule has 0 amide bonds. The Hall–Kier alpha value is -2.88. The summed E-state index contributed by atoms with van der Waals surface area (Å²) in [5.74, 6) is -1.09. The quantitative estimate of drug-likeness (QED) is 0.544. The zero-order valence-electron chi connectivity index (χ0n) is 13.0. The van der Waals surface area contributed by atoms with Crippen molar-refractivity contribution in [2.45, 2.75) is 4.90 Å². The van der Waals surface area contributed by atoms with Crippen LogP contribution in [0.25, 0.3) is 0 Å². The van der Waals surface area contributed by atoms with Gasteiger partial charge < -0.3 is 13.5 Å². The van der Waals surface area contributed by atoms with Crippen LogP contribution in [0.5, 0.6) is 5.75 Å². The number of nitrogens with zero attached hydrogens (tertiary/aromatic N) is 2. The molecule has 0 unspecified atom stereocenters. The summed E-state index contributed by atoms with van der Waals surface area (Å²) in [6, 6.07) is 5.51. The molecule has 10 heteroatoms. The summed E-state index contributed by atoms with van der Waals surface area (Å²) in [4.78, 5) is 34.6. The van der Waals surface area contributed by atoms with Crippen molar-refractivity contribution in [3.63, 3.8) is 0 Å². The van der Waals surface area contributed by atoms with Gasteiger partial charge in [-0.3, -0.25) is 9.36 Å². The monoisotopic (exact) mass is 354 g/mol. The smallest absolute Gasteiger partial charge is 0.346 e. The number of methoxy groups -OCH3 is 1. The van der Waals surface area contributed by atoms with Crippen molar-refractivity contribution < 1.29 is 22.1 Å². The van der Waals surface area contributed by atoms with Crippen molar-refractivity contribution in [1.82, 2.24) is 9.13 Å². The molecule has 0 saturated heterocycles. The van der Waals surface area contributed by atoms with Crippen LogP contribution in [0.1, 0.15) is 10.4 Å². The first kappa shape index (κ1) is 17.5. The summed E-state index contributed by atoms with van der Waals surface area (Å²) < 4.78 is 35.8. The van der Waals surface area contributed by atoms with Crippen LogP contribution in [0.2, 0.25) is 0 Å². The molecule has 0 aliphatic rings. The molecule has 128 valence electrons. The molecule has 9 nitrogen and oxygen atoms in total. The molecule has 1 aromatic carbocycles. The molecule has 1 heterocycles. The van der Waals surface area contributed by atoms with Gasteiger partial charge in [-0.25, -0.2) is 9.59 Å². The Morgan fingerprint density at radius 2 is 1.75 bits per heavy atom. The minimum Gasteiger partial charge on any atom is -0.465 e. The largest absolute Gasteiger partial charge is 0.465 e. The zero-order chi connectivity index (χ0) is 18.1. The number of ether oxygens (including phenoxy) is 1. The third-order valence-corrected chi connectivity index (χ3v) is 4.39. The summed E-state index contributed by atoms with van der Waals surface area (Å²) in [5, 5.41) is 0. The van der Waals surface area contributed by atoms with Gasteiger partial charge >= 0.3 is 21.8 Å². The molecule has 0 aliphatic carbocycles. The fourth-order valence-corrected chi connectivity index (χ4v) is 3.04. The molecule has 0 spiro atoms. The highest BCUT2D eigenvalue weighted by Gasteiger charge is 2.26. The van der Waals surface area contributed by atoms with Crippen LogP contribution in [0.15, 0.2) is 44.9 Å². The summed E-state index contributed by atoms with van der Waals surface area (Å²) in [6.07, 6.45) is 0.862. The predicted molar refractivity (Wildman–Crippen MR) is 82.5 cm³/mol. The maximum atomic E-state index is 12.4. The van der Waals surface area contributed by atoms with E-state index in [1.54, 1.807) is 0 Å². The zero-order valence-corrected chi connectivity index (χ0v) is 13.9. The molecule has 0 N–H and O–H groups in total. The second kappa shape index (κ2) is 6.32. The molecule has 0 bridgehead atoms.